The van der Waals surface area contributed by atoms with Crippen molar-refractivity contribution in [3.8, 4) is 0 Å². The molecule has 0 radical (unpaired) electrons. The molecular weight excluding hydrogens is 256 g/mol. The van der Waals surface area contributed by atoms with Crippen molar-refractivity contribution in [1.29, 1.82) is 0 Å². The van der Waals surface area contributed by atoms with Gasteiger partial charge >= 0.3 is 0 Å². The second-order valence-corrected chi connectivity index (χ2v) is 7.20. The Morgan fingerprint density at radius 2 is 2.21 bits per heavy atom. The van der Waals surface area contributed by atoms with Gasteiger partial charge in [-0.3, -0.25) is 10.1 Å². The fourth-order valence-electron chi connectivity index (χ4n) is 3.01. The molecule has 1 amide bonds. The van der Waals surface area contributed by atoms with Crippen molar-refractivity contribution in [3.05, 3.63) is 21.9 Å². The number of rotatable bonds is 4. The summed E-state index contributed by atoms with van der Waals surface area (Å²) in [4.78, 5) is 17.3. The van der Waals surface area contributed by atoms with Gasteiger partial charge < -0.3 is 4.90 Å². The molecule has 3 nitrogen and oxygen atoms in total. The summed E-state index contributed by atoms with van der Waals surface area (Å²) in [5.74, 6) is 0.974. The van der Waals surface area contributed by atoms with Crippen LogP contribution in [0, 0.1) is 12.8 Å². The highest BCUT2D eigenvalue weighted by molar-refractivity contribution is 7.12. The van der Waals surface area contributed by atoms with Gasteiger partial charge in [-0.15, -0.1) is 11.3 Å². The van der Waals surface area contributed by atoms with E-state index in [-0.39, 0.29) is 12.2 Å². The van der Waals surface area contributed by atoms with Crippen molar-refractivity contribution >= 4 is 17.2 Å². The van der Waals surface area contributed by atoms with Gasteiger partial charge in [0.25, 0.3) is 0 Å². The molecule has 0 bridgehead atoms. The molecule has 4 unspecified atom stereocenters. The van der Waals surface area contributed by atoms with E-state index in [1.54, 1.807) is 11.3 Å². The minimum Gasteiger partial charge on any atom is -0.317 e. The second kappa shape index (κ2) is 4.91. The number of nitrogens with zero attached hydrogens (tertiary/aromatic N) is 1. The molecule has 104 valence electrons. The van der Waals surface area contributed by atoms with E-state index in [4.69, 9.17) is 0 Å². The van der Waals surface area contributed by atoms with Crippen LogP contribution in [0.3, 0.4) is 0 Å². The quantitative estimate of drug-likeness (QED) is 0.918. The van der Waals surface area contributed by atoms with Crippen LogP contribution in [-0.4, -0.2) is 22.9 Å². The van der Waals surface area contributed by atoms with E-state index in [0.717, 1.165) is 19.3 Å². The lowest BCUT2D eigenvalue weighted by atomic mass is 10.2. The van der Waals surface area contributed by atoms with Crippen LogP contribution in [0.1, 0.15) is 49.0 Å². The molecule has 1 N–H and O–H groups in total. The van der Waals surface area contributed by atoms with Gasteiger partial charge in [0.15, 0.2) is 0 Å². The highest BCUT2D eigenvalue weighted by Crippen LogP contribution is 2.43. The van der Waals surface area contributed by atoms with Crippen LogP contribution in [0.5, 0.6) is 0 Å². The average Bonchev–Trinajstić information content (AvgIpc) is 2.80. The van der Waals surface area contributed by atoms with Crippen molar-refractivity contribution in [2.75, 3.05) is 0 Å². The molecular formula is C15H22N2OS. The van der Waals surface area contributed by atoms with Crippen molar-refractivity contribution in [2.24, 2.45) is 5.92 Å². The van der Waals surface area contributed by atoms with Crippen LogP contribution in [0.2, 0.25) is 0 Å². The van der Waals surface area contributed by atoms with Crippen LogP contribution in [0.15, 0.2) is 12.1 Å². The van der Waals surface area contributed by atoms with Gasteiger partial charge in [-0.1, -0.05) is 20.3 Å². The van der Waals surface area contributed by atoms with E-state index < -0.39 is 0 Å². The van der Waals surface area contributed by atoms with E-state index >= 15 is 0 Å². The number of nitrogens with one attached hydrogen (secondary N) is 1. The Morgan fingerprint density at radius 1 is 1.47 bits per heavy atom. The third kappa shape index (κ3) is 2.32. The van der Waals surface area contributed by atoms with Crippen LogP contribution >= 0.6 is 11.3 Å². The first-order valence-electron chi connectivity index (χ1n) is 7.26. The van der Waals surface area contributed by atoms with Gasteiger partial charge in [0.2, 0.25) is 5.91 Å². The minimum absolute atomic E-state index is 0.0187. The Labute approximate surface area is 119 Å². The number of carbonyl (C=O) groups excluding carboxylic acids is 1. The van der Waals surface area contributed by atoms with Gasteiger partial charge in [-0.2, -0.15) is 0 Å². The predicted molar refractivity (Wildman–Crippen MR) is 78.0 cm³/mol. The zero-order chi connectivity index (χ0) is 13.6. The van der Waals surface area contributed by atoms with Crippen LogP contribution in [0.25, 0.3) is 0 Å². The van der Waals surface area contributed by atoms with E-state index in [1.807, 2.05) is 0 Å². The molecule has 3 rings (SSSR count). The van der Waals surface area contributed by atoms with Gasteiger partial charge in [0.05, 0.1) is 6.04 Å². The molecule has 0 aromatic carbocycles. The molecule has 2 heterocycles. The fourth-order valence-corrected chi connectivity index (χ4v) is 3.95. The Morgan fingerprint density at radius 3 is 2.74 bits per heavy atom. The first kappa shape index (κ1) is 13.1. The van der Waals surface area contributed by atoms with E-state index in [0.29, 0.717) is 17.9 Å². The molecule has 19 heavy (non-hydrogen) atoms. The van der Waals surface area contributed by atoms with E-state index in [2.05, 4.69) is 43.1 Å². The maximum Gasteiger partial charge on any atom is 0.241 e. The standard InChI is InChI=1S/C15H22N2OS/c1-4-5-11-15(18)17(12-8-9(12)2)14(16-11)13-7-6-10(3)19-13/h6-7,9,11-12,14,16H,4-5,8H2,1-3H3. The van der Waals surface area contributed by atoms with Gasteiger partial charge in [0.1, 0.15) is 6.17 Å². The van der Waals surface area contributed by atoms with Crippen molar-refractivity contribution < 1.29 is 4.79 Å². The largest absolute Gasteiger partial charge is 0.317 e. The van der Waals surface area contributed by atoms with Crippen LogP contribution in [0.4, 0.5) is 0 Å². The summed E-state index contributed by atoms with van der Waals surface area (Å²) in [7, 11) is 0. The average molecular weight is 278 g/mol. The van der Waals surface area contributed by atoms with Crippen molar-refractivity contribution in [3.63, 3.8) is 0 Å². The number of hydrogen-bond acceptors (Lipinski definition) is 3. The van der Waals surface area contributed by atoms with Gasteiger partial charge in [-0.05, 0) is 37.8 Å². The van der Waals surface area contributed by atoms with Crippen molar-refractivity contribution in [1.82, 2.24) is 10.2 Å². The second-order valence-electron chi connectivity index (χ2n) is 5.88. The first-order valence-corrected chi connectivity index (χ1v) is 8.08. The Bertz CT molecular complexity index is 484. The number of carbonyl (C=O) groups is 1. The third-order valence-electron chi connectivity index (χ3n) is 4.22. The smallest absolute Gasteiger partial charge is 0.241 e. The molecule has 1 aromatic heterocycles. The number of hydrogen-bond donors (Lipinski definition) is 1. The third-order valence-corrected chi connectivity index (χ3v) is 5.28. The lowest BCUT2D eigenvalue weighted by Crippen LogP contribution is -2.33. The number of amides is 1. The molecule has 4 heteroatoms. The Kier molecular flexibility index (Phi) is 3.39. The zero-order valence-corrected chi connectivity index (χ0v) is 12.7. The summed E-state index contributed by atoms with van der Waals surface area (Å²) in [5.41, 5.74) is 0. The van der Waals surface area contributed by atoms with E-state index in [9.17, 15) is 4.79 Å². The molecule has 4 atom stereocenters. The topological polar surface area (TPSA) is 32.3 Å². The molecule has 2 aliphatic rings. The summed E-state index contributed by atoms with van der Waals surface area (Å²) in [6.07, 6.45) is 3.26. The maximum atomic E-state index is 12.6. The van der Waals surface area contributed by atoms with Crippen molar-refractivity contribution in [2.45, 2.75) is 58.3 Å². The van der Waals surface area contributed by atoms with Crippen LogP contribution in [-0.2, 0) is 4.79 Å². The number of thiophene rings is 1. The summed E-state index contributed by atoms with van der Waals surface area (Å²) < 4.78 is 0. The maximum absolute atomic E-state index is 12.6. The molecule has 1 saturated heterocycles. The lowest BCUT2D eigenvalue weighted by molar-refractivity contribution is -0.130. The normalized spacial score (nSPS) is 34.1. The SMILES string of the molecule is CCCC1NC(c2ccc(C)s2)N(C2CC2C)C1=O. The highest BCUT2D eigenvalue weighted by Gasteiger charge is 2.50. The van der Waals surface area contributed by atoms with E-state index in [1.165, 1.54) is 9.75 Å². The zero-order valence-electron chi connectivity index (χ0n) is 11.8. The Balaban J connectivity index is 1.86. The highest BCUT2D eigenvalue weighted by atomic mass is 32.1. The molecule has 1 aromatic rings. The minimum atomic E-state index is 0.0187. The summed E-state index contributed by atoms with van der Waals surface area (Å²) in [5, 5.41) is 3.55. The molecule has 1 saturated carbocycles. The molecule has 2 fully saturated rings. The summed E-state index contributed by atoms with van der Waals surface area (Å²) in [6, 6.07) is 4.78. The predicted octanol–water partition coefficient (Wildman–Crippen LogP) is 3.06. The first-order chi connectivity index (χ1) is 9.11. The van der Waals surface area contributed by atoms with Gasteiger partial charge in [0, 0.05) is 15.8 Å². The molecule has 1 aliphatic carbocycles. The summed E-state index contributed by atoms with van der Waals surface area (Å²) in [6.45, 7) is 6.50. The van der Waals surface area contributed by atoms with Gasteiger partial charge in [-0.25, -0.2) is 0 Å². The number of aryl methyl sites for hydroxylation is 1. The molecule has 1 aliphatic heterocycles. The summed E-state index contributed by atoms with van der Waals surface area (Å²) >= 11 is 1.80. The monoisotopic (exact) mass is 278 g/mol. The van der Waals surface area contributed by atoms with Crippen LogP contribution < -0.4 is 5.32 Å². The molecule has 0 spiro atoms. The lowest BCUT2D eigenvalue weighted by Gasteiger charge is -2.23. The Hall–Kier alpha value is -0.870. The fraction of sp³-hybridized carbons (Fsp3) is 0.667.